The Hall–Kier alpha value is -2.99. The lowest BCUT2D eigenvalue weighted by Crippen LogP contribution is -1.95. The zero-order chi connectivity index (χ0) is 16.2. The van der Waals surface area contributed by atoms with Crippen LogP contribution in [0.15, 0.2) is 60.9 Å². The van der Waals surface area contributed by atoms with Crippen molar-refractivity contribution in [2.75, 3.05) is 0 Å². The molecule has 23 heavy (non-hydrogen) atoms. The first-order chi connectivity index (χ1) is 11.1. The summed E-state index contributed by atoms with van der Waals surface area (Å²) in [5, 5.41) is 11.2. The zero-order valence-electron chi connectivity index (χ0n) is 11.7. The Kier molecular flexibility index (Phi) is 4.16. The summed E-state index contributed by atoms with van der Waals surface area (Å²) in [6.45, 7) is 0. The van der Waals surface area contributed by atoms with Crippen molar-refractivity contribution in [3.05, 3.63) is 76.1 Å². The maximum Gasteiger partial charge on any atom is 0.269 e. The van der Waals surface area contributed by atoms with Crippen molar-refractivity contribution in [3.63, 3.8) is 0 Å². The van der Waals surface area contributed by atoms with Crippen LogP contribution in [0.1, 0.15) is 0 Å². The van der Waals surface area contributed by atoms with Gasteiger partial charge in [-0.3, -0.25) is 10.1 Å². The Bertz CT molecular complexity index is 853. The molecule has 0 radical (unpaired) electrons. The molecule has 0 spiro atoms. The molecule has 3 rings (SSSR count). The maximum atomic E-state index is 10.7. The molecular weight excluding hydrogens is 318 g/mol. The smallest absolute Gasteiger partial charge is 0.269 e. The molecule has 0 N–H and O–H groups in total. The van der Waals surface area contributed by atoms with Crippen LogP contribution < -0.4 is 4.74 Å². The molecule has 0 saturated carbocycles. The van der Waals surface area contributed by atoms with Crippen molar-refractivity contribution < 1.29 is 9.66 Å². The van der Waals surface area contributed by atoms with Crippen molar-refractivity contribution in [1.82, 2.24) is 9.97 Å². The van der Waals surface area contributed by atoms with E-state index < -0.39 is 4.92 Å². The van der Waals surface area contributed by atoms with Crippen LogP contribution in [0.4, 0.5) is 5.69 Å². The highest BCUT2D eigenvalue weighted by Gasteiger charge is 2.13. The van der Waals surface area contributed by atoms with Crippen LogP contribution in [0.5, 0.6) is 11.6 Å². The van der Waals surface area contributed by atoms with Crippen LogP contribution >= 0.6 is 11.6 Å². The van der Waals surface area contributed by atoms with Gasteiger partial charge < -0.3 is 4.74 Å². The quantitative estimate of drug-likeness (QED) is 0.521. The largest absolute Gasteiger partial charge is 0.435 e. The molecule has 0 unspecified atom stereocenters. The predicted molar refractivity (Wildman–Crippen MR) is 85.6 cm³/mol. The van der Waals surface area contributed by atoms with Gasteiger partial charge in [-0.1, -0.05) is 23.7 Å². The van der Waals surface area contributed by atoms with Crippen LogP contribution in [0.25, 0.3) is 11.3 Å². The minimum Gasteiger partial charge on any atom is -0.435 e. The van der Waals surface area contributed by atoms with Crippen molar-refractivity contribution in [3.8, 4) is 22.9 Å². The number of non-ortho nitro benzene ring substituents is 1. The van der Waals surface area contributed by atoms with Gasteiger partial charge in [0, 0.05) is 30.1 Å². The molecule has 0 aliphatic heterocycles. The monoisotopic (exact) mass is 327 g/mol. The van der Waals surface area contributed by atoms with Crippen LogP contribution in [-0.4, -0.2) is 14.9 Å². The van der Waals surface area contributed by atoms with Gasteiger partial charge in [-0.15, -0.1) is 0 Å². The number of hydrogen-bond acceptors (Lipinski definition) is 5. The molecule has 114 valence electrons. The van der Waals surface area contributed by atoms with Crippen molar-refractivity contribution in [2.45, 2.75) is 0 Å². The average molecular weight is 328 g/mol. The molecule has 1 aromatic heterocycles. The number of nitro benzene ring substituents is 1. The van der Waals surface area contributed by atoms with Crippen LogP contribution in [0.3, 0.4) is 0 Å². The summed E-state index contributed by atoms with van der Waals surface area (Å²) in [4.78, 5) is 18.7. The van der Waals surface area contributed by atoms with E-state index in [1.165, 1.54) is 24.5 Å². The van der Waals surface area contributed by atoms with Gasteiger partial charge in [0.05, 0.1) is 9.95 Å². The number of aromatic nitrogens is 2. The van der Waals surface area contributed by atoms with Gasteiger partial charge in [0.2, 0.25) is 5.88 Å². The standard InChI is InChI=1S/C16H10ClN3O3/c17-13-3-1-2-4-14(13)23-16-15(18-9-10-19-16)11-5-7-12(8-6-11)20(21)22/h1-10H. The Labute approximate surface area is 136 Å². The molecule has 1 heterocycles. The molecule has 2 aromatic carbocycles. The van der Waals surface area contributed by atoms with E-state index in [-0.39, 0.29) is 11.6 Å². The molecule has 0 bridgehead atoms. The third kappa shape index (κ3) is 3.27. The number of nitro groups is 1. The molecule has 0 aliphatic carbocycles. The third-order valence-corrected chi connectivity index (χ3v) is 3.37. The predicted octanol–water partition coefficient (Wildman–Crippen LogP) is 4.50. The SMILES string of the molecule is O=[N+]([O-])c1ccc(-c2nccnc2Oc2ccccc2Cl)cc1. The summed E-state index contributed by atoms with van der Waals surface area (Å²) in [7, 11) is 0. The number of ether oxygens (including phenoxy) is 1. The van der Waals surface area contributed by atoms with E-state index in [0.717, 1.165) is 0 Å². The lowest BCUT2D eigenvalue weighted by Gasteiger charge is -2.10. The van der Waals surface area contributed by atoms with Crippen molar-refractivity contribution in [1.29, 1.82) is 0 Å². The fourth-order valence-corrected chi connectivity index (χ4v) is 2.14. The van der Waals surface area contributed by atoms with Gasteiger partial charge in [-0.25, -0.2) is 9.97 Å². The summed E-state index contributed by atoms with van der Waals surface area (Å²) in [6.07, 6.45) is 3.03. The third-order valence-electron chi connectivity index (χ3n) is 3.06. The normalized spacial score (nSPS) is 10.3. The highest BCUT2D eigenvalue weighted by molar-refractivity contribution is 6.32. The van der Waals surface area contributed by atoms with Gasteiger partial charge in [0.15, 0.2) is 0 Å². The summed E-state index contributed by atoms with van der Waals surface area (Å²) >= 11 is 6.08. The first-order valence-electron chi connectivity index (χ1n) is 6.63. The molecule has 0 fully saturated rings. The number of benzene rings is 2. The summed E-state index contributed by atoms with van der Waals surface area (Å²) in [5.74, 6) is 0.729. The zero-order valence-corrected chi connectivity index (χ0v) is 12.5. The second-order valence-electron chi connectivity index (χ2n) is 4.55. The molecule has 0 atom stereocenters. The summed E-state index contributed by atoms with van der Waals surface area (Å²) in [5.41, 5.74) is 1.14. The lowest BCUT2D eigenvalue weighted by atomic mass is 10.1. The number of rotatable bonds is 4. The summed E-state index contributed by atoms with van der Waals surface area (Å²) in [6, 6.07) is 13.0. The van der Waals surface area contributed by atoms with E-state index in [1.807, 2.05) is 0 Å². The van der Waals surface area contributed by atoms with Crippen LogP contribution in [0.2, 0.25) is 5.02 Å². The summed E-state index contributed by atoms with van der Waals surface area (Å²) < 4.78 is 5.73. The molecule has 6 nitrogen and oxygen atoms in total. The molecule has 0 aliphatic rings. The van der Waals surface area contributed by atoms with E-state index in [2.05, 4.69) is 9.97 Å². The minimum absolute atomic E-state index is 0.00575. The Balaban J connectivity index is 1.98. The van der Waals surface area contributed by atoms with Crippen LogP contribution in [0, 0.1) is 10.1 Å². The second kappa shape index (κ2) is 6.41. The number of halogens is 1. The molecule has 3 aromatic rings. The van der Waals surface area contributed by atoms with Gasteiger partial charge in [0.25, 0.3) is 5.69 Å². The fraction of sp³-hybridized carbons (Fsp3) is 0. The fourth-order valence-electron chi connectivity index (χ4n) is 1.97. The average Bonchev–Trinajstić information content (AvgIpc) is 2.57. The Morgan fingerprint density at radius 1 is 1.00 bits per heavy atom. The van der Waals surface area contributed by atoms with Crippen LogP contribution in [-0.2, 0) is 0 Å². The molecule has 0 saturated heterocycles. The van der Waals surface area contributed by atoms with Crippen molar-refractivity contribution >= 4 is 17.3 Å². The topological polar surface area (TPSA) is 78.2 Å². The number of hydrogen-bond donors (Lipinski definition) is 0. The van der Waals surface area contributed by atoms with E-state index >= 15 is 0 Å². The maximum absolute atomic E-state index is 10.7. The van der Waals surface area contributed by atoms with Gasteiger partial charge in [-0.2, -0.15) is 0 Å². The highest BCUT2D eigenvalue weighted by atomic mass is 35.5. The highest BCUT2D eigenvalue weighted by Crippen LogP contribution is 2.33. The van der Waals surface area contributed by atoms with Gasteiger partial charge in [0.1, 0.15) is 11.4 Å². The Morgan fingerprint density at radius 2 is 1.70 bits per heavy atom. The van der Waals surface area contributed by atoms with E-state index in [9.17, 15) is 10.1 Å². The first-order valence-corrected chi connectivity index (χ1v) is 7.01. The lowest BCUT2D eigenvalue weighted by molar-refractivity contribution is -0.384. The van der Waals surface area contributed by atoms with E-state index in [1.54, 1.807) is 36.4 Å². The number of para-hydroxylation sites is 1. The number of nitrogens with zero attached hydrogens (tertiary/aromatic N) is 3. The van der Waals surface area contributed by atoms with Gasteiger partial charge >= 0.3 is 0 Å². The molecular formula is C16H10ClN3O3. The van der Waals surface area contributed by atoms with Gasteiger partial charge in [-0.05, 0) is 24.3 Å². The van der Waals surface area contributed by atoms with E-state index in [0.29, 0.717) is 22.0 Å². The second-order valence-corrected chi connectivity index (χ2v) is 4.95. The van der Waals surface area contributed by atoms with Crippen molar-refractivity contribution in [2.24, 2.45) is 0 Å². The minimum atomic E-state index is -0.457. The first kappa shape index (κ1) is 14.9. The molecule has 0 amide bonds. The van der Waals surface area contributed by atoms with E-state index in [4.69, 9.17) is 16.3 Å². The molecule has 7 heteroatoms. The Morgan fingerprint density at radius 3 is 2.39 bits per heavy atom.